The first-order valence-electron chi connectivity index (χ1n) is 28.8. The molecule has 1 saturated heterocycles. The molecule has 3 aromatic rings. The van der Waals surface area contributed by atoms with Crippen LogP contribution in [-0.4, -0.2) is 137 Å². The molecular formula is C62H77Cl2N5O12S2. The highest BCUT2D eigenvalue weighted by molar-refractivity contribution is 8.20. The van der Waals surface area contributed by atoms with Crippen LogP contribution in [0, 0.1) is 11.8 Å². The first-order chi connectivity index (χ1) is 39.8. The van der Waals surface area contributed by atoms with Gasteiger partial charge in [0.15, 0.2) is 11.6 Å². The predicted molar refractivity (Wildman–Crippen MR) is 328 cm³/mol. The molecule has 3 aromatic carbocycles. The predicted octanol–water partition coefficient (Wildman–Crippen LogP) is 7.21. The summed E-state index contributed by atoms with van der Waals surface area (Å²) in [5, 5.41) is 11.0. The first kappa shape index (κ1) is 65.1. The fourth-order valence-electron chi connectivity index (χ4n) is 11.3. The van der Waals surface area contributed by atoms with E-state index in [0.717, 1.165) is 27.1 Å². The lowest BCUT2D eigenvalue weighted by Gasteiger charge is -2.21. The van der Waals surface area contributed by atoms with Gasteiger partial charge in [0.25, 0.3) is 0 Å². The minimum atomic E-state index is -0.885. The molecular weight excluding hydrogens is 1140 g/mol. The summed E-state index contributed by atoms with van der Waals surface area (Å²) in [6, 6.07) is 9.37. The van der Waals surface area contributed by atoms with Gasteiger partial charge in [-0.1, -0.05) is 50.8 Å². The summed E-state index contributed by atoms with van der Waals surface area (Å²) in [4.78, 5) is 138. The second kappa shape index (κ2) is 30.6. The number of nitrogens with zero attached hydrogens (tertiary/aromatic N) is 2. The number of thioether (sulfide) groups is 2. The topological polar surface area (TPSA) is 232 Å². The molecule has 21 heteroatoms. The van der Waals surface area contributed by atoms with Gasteiger partial charge in [-0.05, 0) is 84.7 Å². The molecule has 0 aromatic heterocycles. The molecule has 4 aliphatic heterocycles. The van der Waals surface area contributed by atoms with E-state index in [1.165, 1.54) is 23.5 Å². The van der Waals surface area contributed by atoms with E-state index in [-0.39, 0.29) is 168 Å². The van der Waals surface area contributed by atoms with Gasteiger partial charge < -0.3 is 35.2 Å². The van der Waals surface area contributed by atoms with Crippen LogP contribution in [0.5, 0.6) is 0 Å². The van der Waals surface area contributed by atoms with Crippen LogP contribution in [0.4, 0.5) is 17.1 Å². The molecule has 4 aliphatic rings. The number of benzene rings is 3. The maximum atomic E-state index is 14.3. The summed E-state index contributed by atoms with van der Waals surface area (Å²) >= 11 is 16.0. The molecule has 4 heterocycles. The van der Waals surface area contributed by atoms with Gasteiger partial charge in [0, 0.05) is 141 Å². The fourth-order valence-corrected chi connectivity index (χ4v) is 15.0. The Morgan fingerprint density at radius 1 is 0.614 bits per heavy atom. The number of rotatable bonds is 2. The highest BCUT2D eigenvalue weighted by atomic mass is 35.5. The molecule has 7 rings (SSSR count). The van der Waals surface area contributed by atoms with Crippen molar-refractivity contribution in [3.63, 3.8) is 0 Å². The average Bonchev–Trinajstić information content (AvgIpc) is 2.64. The van der Waals surface area contributed by atoms with Gasteiger partial charge in [-0.2, -0.15) is 0 Å². The number of fused-ring (bicyclic) bond motifs is 6. The molecule has 0 aliphatic carbocycles. The van der Waals surface area contributed by atoms with Gasteiger partial charge in [-0.25, -0.2) is 0 Å². The quantitative estimate of drug-likeness (QED) is 0.215. The number of ether oxygens (including phenoxy) is 2. The third-order valence-corrected chi connectivity index (χ3v) is 19.8. The number of hydrogen-bond acceptors (Lipinski definition) is 14. The first-order valence-corrected chi connectivity index (χ1v) is 31.9. The van der Waals surface area contributed by atoms with E-state index in [4.69, 9.17) is 32.7 Å². The summed E-state index contributed by atoms with van der Waals surface area (Å²) in [7, 11) is 0. The maximum Gasteiger partial charge on any atom is 0.227 e. The minimum absolute atomic E-state index is 0.0177. The molecule has 3 N–H and O–H groups in total. The van der Waals surface area contributed by atoms with Gasteiger partial charge in [0.2, 0.25) is 29.5 Å². The van der Waals surface area contributed by atoms with Crippen LogP contribution >= 0.6 is 46.7 Å². The van der Waals surface area contributed by atoms with Crippen LogP contribution in [0.3, 0.4) is 0 Å². The minimum Gasteiger partial charge on any atom is -0.381 e. The summed E-state index contributed by atoms with van der Waals surface area (Å²) in [6.07, 6.45) is 3.02. The SMILES string of the molecule is C=c1c2c3cc(/c1=C/C)CC(=O)C(C)CC(=O)C(C)NC(=O)CCOCCCC(=O)C1SCSC1C(=O)CCCOCCC(=O)NC(C)C(=O)CC(C)C(=O)Nc1cc4c(c5ccccc15)[C@H](CCl)CN4C(=O)CCCC(=O)N3C[C@H]2CCl. The van der Waals surface area contributed by atoms with Crippen molar-refractivity contribution in [3.8, 4) is 0 Å². The molecule has 83 heavy (non-hydrogen) atoms. The highest BCUT2D eigenvalue weighted by Gasteiger charge is 2.39. The third-order valence-electron chi connectivity index (χ3n) is 16.0. The van der Waals surface area contributed by atoms with Crippen LogP contribution in [0.1, 0.15) is 134 Å². The van der Waals surface area contributed by atoms with Crippen LogP contribution < -0.4 is 36.2 Å². The lowest BCUT2D eigenvalue weighted by Crippen LogP contribution is -2.40. The maximum absolute atomic E-state index is 14.3. The highest BCUT2D eigenvalue weighted by Crippen LogP contribution is 2.46. The van der Waals surface area contributed by atoms with Gasteiger partial charge in [-0.3, -0.25) is 47.9 Å². The summed E-state index contributed by atoms with van der Waals surface area (Å²) < 4.78 is 11.3. The zero-order chi connectivity index (χ0) is 60.1. The Labute approximate surface area is 503 Å². The number of halogens is 2. The number of hydrogen-bond donors (Lipinski definition) is 3. The number of carbonyl (C=O) groups excluding carboxylic acids is 10. The number of alkyl halides is 2. The van der Waals surface area contributed by atoms with Crippen molar-refractivity contribution in [1.29, 1.82) is 0 Å². The summed E-state index contributed by atoms with van der Waals surface area (Å²) in [5.74, 6) is -4.14. The third kappa shape index (κ3) is 16.3. The lowest BCUT2D eigenvalue weighted by molar-refractivity contribution is -0.130. The van der Waals surface area contributed by atoms with Gasteiger partial charge in [0.1, 0.15) is 17.3 Å². The standard InChI is InChI=1S/C62H77Cl2N5O12S2/c1-7-43-37(4)58-41(30-63)32-68-47(58)27-40(43)28-51(72)35(2)25-52(73)38(5)65-54(75)19-23-80-21-11-15-49(70)60-61(83-34-82-60)50(71)16-12-22-81-24-20-55(76)66-39(6)53(74)26-36(3)62(79)67-46-29-48-59(45-14-9-8-13-44(45)46)42(31-64)33-69(48)57(78)18-10-17-56(68)77/h7-9,13-14,27,29,35-36,38-39,41-42,60-61H,4,10-12,15-26,28,30-34H2,1-3,5-6H3,(H,65,75)(H,66,76)(H,67,79)/b43-7+/t35?,36?,38?,39?,41-,42-,60?,61?/m1/s1. The number of amides is 5. The largest absolute Gasteiger partial charge is 0.381 e. The van der Waals surface area contributed by atoms with E-state index in [1.807, 2.05) is 43.3 Å². The van der Waals surface area contributed by atoms with Crippen LogP contribution in [0.2, 0.25) is 0 Å². The van der Waals surface area contributed by atoms with E-state index in [2.05, 4.69) is 22.5 Å². The molecule has 0 radical (unpaired) electrons. The monoisotopic (exact) mass is 1220 g/mol. The van der Waals surface area contributed by atoms with Gasteiger partial charge >= 0.3 is 0 Å². The molecule has 448 valence electrons. The van der Waals surface area contributed by atoms with Crippen LogP contribution in [-0.2, 0) is 63.8 Å². The second-order valence-corrected chi connectivity index (χ2v) is 25.4. The van der Waals surface area contributed by atoms with E-state index in [9.17, 15) is 47.9 Å². The van der Waals surface area contributed by atoms with Crippen LogP contribution in [0.25, 0.3) is 23.4 Å². The van der Waals surface area contributed by atoms with Crippen molar-refractivity contribution in [3.05, 3.63) is 63.5 Å². The van der Waals surface area contributed by atoms with Crippen molar-refractivity contribution >= 4 is 146 Å². The fraction of sp³-hybridized carbons (Fsp3) is 0.548. The van der Waals surface area contributed by atoms with Crippen molar-refractivity contribution < 1.29 is 57.4 Å². The Bertz CT molecular complexity index is 3110. The van der Waals surface area contributed by atoms with Crippen molar-refractivity contribution in [2.45, 2.75) is 146 Å². The molecule has 4 bridgehead atoms. The Hall–Kier alpha value is -5.44. The Morgan fingerprint density at radius 3 is 1.65 bits per heavy atom. The molecule has 5 amide bonds. The van der Waals surface area contributed by atoms with Gasteiger partial charge in [-0.15, -0.1) is 46.7 Å². The van der Waals surface area contributed by atoms with E-state index in [0.29, 0.717) is 45.8 Å². The zero-order valence-electron chi connectivity index (χ0n) is 48.1. The lowest BCUT2D eigenvalue weighted by atomic mass is 9.90. The van der Waals surface area contributed by atoms with E-state index in [1.54, 1.807) is 43.6 Å². The Morgan fingerprint density at radius 2 is 1.12 bits per heavy atom. The number of nitrogens with one attached hydrogen (secondary N) is 3. The normalized spacial score (nSPS) is 26.8. The molecule has 0 saturated carbocycles. The van der Waals surface area contributed by atoms with Crippen molar-refractivity contribution in [2.24, 2.45) is 11.8 Å². The van der Waals surface area contributed by atoms with E-state index < -0.39 is 52.1 Å². The summed E-state index contributed by atoms with van der Waals surface area (Å²) in [5.41, 5.74) is 3.96. The Balaban J connectivity index is 1.06. The van der Waals surface area contributed by atoms with Crippen LogP contribution in [0.15, 0.2) is 36.4 Å². The molecule has 17 nitrogen and oxygen atoms in total. The van der Waals surface area contributed by atoms with Gasteiger partial charge in [0.05, 0.1) is 41.5 Å². The summed E-state index contributed by atoms with van der Waals surface area (Å²) in [6.45, 7) is 13.8. The molecule has 8 atom stereocenters. The van der Waals surface area contributed by atoms with Crippen molar-refractivity contribution in [1.82, 2.24) is 10.6 Å². The number of carbonyl (C=O) groups is 10. The number of ketones is 5. The zero-order valence-corrected chi connectivity index (χ0v) is 51.2. The van der Waals surface area contributed by atoms with E-state index >= 15 is 0 Å². The number of anilines is 3. The average molecular weight is 1220 g/mol. The number of Topliss-reactive ketones (excluding diaryl/α,β-unsaturated/α-hetero) is 5. The second-order valence-electron chi connectivity index (χ2n) is 22.1. The Kier molecular flexibility index (Phi) is 24.0. The molecule has 6 unspecified atom stereocenters. The molecule has 1 fully saturated rings. The van der Waals surface area contributed by atoms with Crippen molar-refractivity contribution in [2.75, 3.05) is 71.5 Å². The molecule has 0 spiro atoms. The smallest absolute Gasteiger partial charge is 0.227 e.